The minimum absolute atomic E-state index is 0.0950. The fourth-order valence-corrected chi connectivity index (χ4v) is 3.10. The van der Waals surface area contributed by atoms with Gasteiger partial charge in [-0.15, -0.1) is 0 Å². The summed E-state index contributed by atoms with van der Waals surface area (Å²) in [5.74, 6) is 0. The molecule has 2 aliphatic heterocycles. The van der Waals surface area contributed by atoms with E-state index in [1.54, 1.807) is 0 Å². The molecule has 1 aromatic rings. The molecule has 2 amide bonds. The van der Waals surface area contributed by atoms with E-state index in [4.69, 9.17) is 11.6 Å². The molecule has 1 N–H and O–H groups in total. The summed E-state index contributed by atoms with van der Waals surface area (Å²) in [6.07, 6.45) is 0.988. The van der Waals surface area contributed by atoms with Crippen molar-refractivity contribution in [3.63, 3.8) is 0 Å². The van der Waals surface area contributed by atoms with E-state index in [9.17, 15) is 14.9 Å². The van der Waals surface area contributed by atoms with Crippen LogP contribution in [0.15, 0.2) is 18.2 Å². The van der Waals surface area contributed by atoms with Gasteiger partial charge in [-0.05, 0) is 12.5 Å². The third-order valence-corrected chi connectivity index (χ3v) is 4.32. The van der Waals surface area contributed by atoms with Gasteiger partial charge in [0.2, 0.25) is 0 Å². The van der Waals surface area contributed by atoms with E-state index in [2.05, 4.69) is 10.2 Å². The molecule has 2 fully saturated rings. The highest BCUT2D eigenvalue weighted by Crippen LogP contribution is 2.28. The maximum Gasteiger partial charge on any atom is 0.322 e. The molecule has 3 rings (SSSR count). The molecule has 0 spiro atoms. The first-order valence-electron chi connectivity index (χ1n) is 6.78. The van der Waals surface area contributed by atoms with Crippen LogP contribution in [-0.2, 0) is 0 Å². The highest BCUT2D eigenvalue weighted by molar-refractivity contribution is 6.33. The summed E-state index contributed by atoms with van der Waals surface area (Å²) >= 11 is 5.99. The quantitative estimate of drug-likeness (QED) is 0.670. The monoisotopic (exact) mass is 310 g/mol. The van der Waals surface area contributed by atoms with Crippen LogP contribution in [0.2, 0.25) is 5.02 Å². The third-order valence-electron chi connectivity index (χ3n) is 4.01. The molecule has 0 aromatic heterocycles. The predicted molar refractivity (Wildman–Crippen MR) is 78.7 cm³/mol. The second-order valence-corrected chi connectivity index (χ2v) is 5.70. The summed E-state index contributed by atoms with van der Waals surface area (Å²) in [5.41, 5.74) is 0.301. The normalized spacial score (nSPS) is 24.0. The molecule has 2 bridgehead atoms. The van der Waals surface area contributed by atoms with Crippen LogP contribution >= 0.6 is 11.6 Å². The number of hydrogen-bond acceptors (Lipinski definition) is 4. The molecule has 2 heterocycles. The Hall–Kier alpha value is -1.86. The first kappa shape index (κ1) is 14.1. The number of nitrogens with zero attached hydrogens (tertiary/aromatic N) is 3. The number of carbonyl (C=O) groups excluding carboxylic acids is 1. The number of fused-ring (bicyclic) bond motifs is 2. The average molecular weight is 311 g/mol. The van der Waals surface area contributed by atoms with E-state index >= 15 is 0 Å². The Morgan fingerprint density at radius 3 is 2.90 bits per heavy atom. The van der Waals surface area contributed by atoms with Gasteiger partial charge in [0.15, 0.2) is 0 Å². The van der Waals surface area contributed by atoms with Crippen molar-refractivity contribution in [2.24, 2.45) is 0 Å². The lowest BCUT2D eigenvalue weighted by atomic mass is 10.2. The van der Waals surface area contributed by atoms with Crippen molar-refractivity contribution in [2.75, 3.05) is 31.5 Å². The molecular weight excluding hydrogens is 296 g/mol. The zero-order chi connectivity index (χ0) is 15.0. The van der Waals surface area contributed by atoms with E-state index in [1.165, 1.54) is 18.2 Å². The molecule has 0 radical (unpaired) electrons. The Bertz CT molecular complexity index is 595. The summed E-state index contributed by atoms with van der Waals surface area (Å²) in [5, 5.41) is 13.6. The molecule has 112 valence electrons. The molecule has 2 aliphatic rings. The second-order valence-electron chi connectivity index (χ2n) is 5.29. The first-order chi connectivity index (χ1) is 10.0. The highest BCUT2D eigenvalue weighted by atomic mass is 35.5. The fourth-order valence-electron chi connectivity index (χ4n) is 2.87. The van der Waals surface area contributed by atoms with E-state index in [0.717, 1.165) is 26.1 Å². The second kappa shape index (κ2) is 5.50. The Morgan fingerprint density at radius 1 is 1.38 bits per heavy atom. The van der Waals surface area contributed by atoms with Gasteiger partial charge in [-0.2, -0.15) is 0 Å². The largest absolute Gasteiger partial charge is 0.322 e. The Morgan fingerprint density at radius 2 is 2.19 bits per heavy atom. The fraction of sp³-hybridized carbons (Fsp3) is 0.462. The summed E-state index contributed by atoms with van der Waals surface area (Å²) in [7, 11) is 0. The molecule has 0 aliphatic carbocycles. The van der Waals surface area contributed by atoms with Crippen molar-refractivity contribution < 1.29 is 9.72 Å². The SMILES string of the molecule is O=C(Nc1ccc([N+](=O)[O-])cc1Cl)N1CCN2CCC1C2. The molecule has 1 aromatic carbocycles. The van der Waals surface area contributed by atoms with Crippen LogP contribution in [0.25, 0.3) is 0 Å². The van der Waals surface area contributed by atoms with E-state index in [-0.39, 0.29) is 22.8 Å². The summed E-state index contributed by atoms with van der Waals surface area (Å²) in [4.78, 5) is 26.6. The Balaban J connectivity index is 1.71. The van der Waals surface area contributed by atoms with E-state index < -0.39 is 4.92 Å². The molecule has 7 nitrogen and oxygen atoms in total. The summed E-state index contributed by atoms with van der Waals surface area (Å²) in [6.45, 7) is 3.53. The maximum absolute atomic E-state index is 12.3. The van der Waals surface area contributed by atoms with Gasteiger partial charge in [0, 0.05) is 44.4 Å². The maximum atomic E-state index is 12.3. The Kier molecular flexibility index (Phi) is 3.69. The van der Waals surface area contributed by atoms with Gasteiger partial charge < -0.3 is 10.2 Å². The van der Waals surface area contributed by atoms with Crippen molar-refractivity contribution in [1.82, 2.24) is 9.80 Å². The van der Waals surface area contributed by atoms with Crippen molar-refractivity contribution in [3.8, 4) is 0 Å². The highest BCUT2D eigenvalue weighted by Gasteiger charge is 2.35. The number of non-ortho nitro benzene ring substituents is 1. The predicted octanol–water partition coefficient (Wildman–Crippen LogP) is 2.17. The molecule has 2 atom stereocenters. The number of rotatable bonds is 2. The zero-order valence-electron chi connectivity index (χ0n) is 11.3. The van der Waals surface area contributed by atoms with Crippen LogP contribution < -0.4 is 5.32 Å². The van der Waals surface area contributed by atoms with Crippen LogP contribution in [-0.4, -0.2) is 53.0 Å². The van der Waals surface area contributed by atoms with Gasteiger partial charge >= 0.3 is 6.03 Å². The number of hydrogen-bond donors (Lipinski definition) is 1. The topological polar surface area (TPSA) is 78.7 Å². The van der Waals surface area contributed by atoms with E-state index in [0.29, 0.717) is 12.2 Å². The molecular formula is C13H15ClN4O3. The third kappa shape index (κ3) is 2.79. The minimum atomic E-state index is -0.519. The first-order valence-corrected chi connectivity index (χ1v) is 7.16. The number of nitro benzene ring substituents is 1. The molecule has 21 heavy (non-hydrogen) atoms. The number of amides is 2. The smallest absolute Gasteiger partial charge is 0.319 e. The Labute approximate surface area is 126 Å². The van der Waals surface area contributed by atoms with Crippen molar-refractivity contribution in [2.45, 2.75) is 12.5 Å². The van der Waals surface area contributed by atoms with Gasteiger partial charge in [-0.3, -0.25) is 15.0 Å². The number of nitro groups is 1. The van der Waals surface area contributed by atoms with Crippen molar-refractivity contribution in [3.05, 3.63) is 33.3 Å². The van der Waals surface area contributed by atoms with Gasteiger partial charge in [0.1, 0.15) is 0 Å². The lowest BCUT2D eigenvalue weighted by molar-refractivity contribution is -0.384. The molecule has 0 saturated carbocycles. The average Bonchev–Trinajstić information content (AvgIpc) is 2.82. The standard InChI is InChI=1S/C13H15ClN4O3/c14-11-7-9(18(20)21)1-2-12(11)15-13(19)17-6-5-16-4-3-10(17)8-16/h1-2,7,10H,3-6,8H2,(H,15,19). The van der Waals surface area contributed by atoms with Crippen LogP contribution in [0.1, 0.15) is 6.42 Å². The lowest BCUT2D eigenvalue weighted by Crippen LogP contribution is -2.51. The van der Waals surface area contributed by atoms with Crippen LogP contribution in [0.5, 0.6) is 0 Å². The van der Waals surface area contributed by atoms with E-state index in [1.807, 2.05) is 4.90 Å². The number of nitrogens with one attached hydrogen (secondary N) is 1. The summed E-state index contributed by atoms with van der Waals surface area (Å²) in [6, 6.07) is 4.08. The number of anilines is 1. The number of carbonyl (C=O) groups is 1. The number of piperazine rings is 1. The van der Waals surface area contributed by atoms with Crippen molar-refractivity contribution in [1.29, 1.82) is 0 Å². The van der Waals surface area contributed by atoms with Crippen LogP contribution in [0, 0.1) is 10.1 Å². The molecule has 2 unspecified atom stereocenters. The number of benzene rings is 1. The van der Waals surface area contributed by atoms with Gasteiger partial charge in [0.05, 0.1) is 15.6 Å². The number of halogens is 1. The van der Waals surface area contributed by atoms with Gasteiger partial charge in [-0.25, -0.2) is 4.79 Å². The van der Waals surface area contributed by atoms with Gasteiger partial charge in [-0.1, -0.05) is 11.6 Å². The molecule has 2 saturated heterocycles. The van der Waals surface area contributed by atoms with Crippen LogP contribution in [0.3, 0.4) is 0 Å². The molecule has 8 heteroatoms. The lowest BCUT2D eigenvalue weighted by Gasteiger charge is -2.34. The number of urea groups is 1. The summed E-state index contributed by atoms with van der Waals surface area (Å²) < 4.78 is 0. The minimum Gasteiger partial charge on any atom is -0.319 e. The van der Waals surface area contributed by atoms with Gasteiger partial charge in [0.25, 0.3) is 5.69 Å². The van der Waals surface area contributed by atoms with Crippen molar-refractivity contribution >= 4 is 29.0 Å². The zero-order valence-corrected chi connectivity index (χ0v) is 12.0. The van der Waals surface area contributed by atoms with Crippen LogP contribution in [0.4, 0.5) is 16.2 Å².